The molecule has 9 nitrogen and oxygen atoms in total. The molecule has 112 valence electrons. The topological polar surface area (TPSA) is 170 Å². The van der Waals surface area contributed by atoms with Crippen LogP contribution >= 0.6 is 0 Å². The molecule has 0 atom stereocenters. The van der Waals surface area contributed by atoms with Gasteiger partial charge >= 0.3 is 17.9 Å². The maximum absolute atomic E-state index is 10.3. The van der Waals surface area contributed by atoms with Crippen molar-refractivity contribution in [2.24, 2.45) is 5.84 Å². The Balaban J connectivity index is 0. The van der Waals surface area contributed by atoms with Crippen LogP contribution in [0, 0.1) is 0 Å². The van der Waals surface area contributed by atoms with E-state index in [2.05, 4.69) is 12.3 Å². The molecule has 19 heavy (non-hydrogen) atoms. The van der Waals surface area contributed by atoms with Gasteiger partial charge in [-0.3, -0.25) is 20.9 Å². The second kappa shape index (κ2) is 10.2. The number of hydrogen-bond acceptors (Lipinski definition) is 6. The Labute approximate surface area is 110 Å². The molecule has 0 spiro atoms. The number of unbranched alkanes of at least 4 members (excludes halogenated alkanes) is 1. The highest BCUT2D eigenvalue weighted by Crippen LogP contribution is 2.15. The van der Waals surface area contributed by atoms with Crippen molar-refractivity contribution in [3.63, 3.8) is 0 Å². The van der Waals surface area contributed by atoms with Gasteiger partial charge in [-0.15, -0.1) is 0 Å². The van der Waals surface area contributed by atoms with Gasteiger partial charge in [0, 0.05) is 6.54 Å². The third kappa shape index (κ3) is 11.1. The van der Waals surface area contributed by atoms with Crippen LogP contribution in [0.15, 0.2) is 0 Å². The Bertz CT molecular complexity index is 286. The van der Waals surface area contributed by atoms with Gasteiger partial charge in [0.05, 0.1) is 12.8 Å². The fraction of sp³-hybridized carbons (Fsp3) is 0.700. The van der Waals surface area contributed by atoms with Crippen LogP contribution in [0.2, 0.25) is 0 Å². The SMILES string of the molecule is CCCCNN.O=C(O)CC(O)(CC(=O)O)C(=O)O. The van der Waals surface area contributed by atoms with E-state index in [1.165, 1.54) is 12.8 Å². The summed E-state index contributed by atoms with van der Waals surface area (Å²) in [7, 11) is 0. The van der Waals surface area contributed by atoms with E-state index in [9.17, 15) is 14.4 Å². The number of carboxylic acids is 3. The van der Waals surface area contributed by atoms with Gasteiger partial charge in [-0.2, -0.15) is 0 Å². The number of rotatable bonds is 8. The van der Waals surface area contributed by atoms with Crippen LogP contribution in [0.25, 0.3) is 0 Å². The summed E-state index contributed by atoms with van der Waals surface area (Å²) in [6, 6.07) is 0. The number of hydrazine groups is 1. The van der Waals surface area contributed by atoms with Crippen molar-refractivity contribution < 1.29 is 34.8 Å². The molecule has 0 aliphatic heterocycles. The molecule has 7 N–H and O–H groups in total. The first kappa shape index (κ1) is 19.6. The summed E-state index contributed by atoms with van der Waals surface area (Å²) in [5.74, 6) is -0.0543. The van der Waals surface area contributed by atoms with Crippen molar-refractivity contribution in [3.05, 3.63) is 0 Å². The first-order valence-electron chi connectivity index (χ1n) is 5.52. The lowest BCUT2D eigenvalue weighted by Gasteiger charge is -2.18. The Morgan fingerprint density at radius 3 is 1.68 bits per heavy atom. The molecule has 0 aliphatic rings. The third-order valence-corrected chi connectivity index (χ3v) is 1.96. The van der Waals surface area contributed by atoms with Gasteiger partial charge in [0.1, 0.15) is 0 Å². The molecule has 0 aromatic rings. The van der Waals surface area contributed by atoms with Crippen LogP contribution in [-0.4, -0.2) is 50.5 Å². The first-order chi connectivity index (χ1) is 8.69. The average molecular weight is 280 g/mol. The molecule has 0 radical (unpaired) electrons. The maximum atomic E-state index is 10.3. The fourth-order valence-corrected chi connectivity index (χ4v) is 0.993. The highest BCUT2D eigenvalue weighted by Gasteiger charge is 2.40. The van der Waals surface area contributed by atoms with Gasteiger partial charge in [0.15, 0.2) is 5.60 Å². The van der Waals surface area contributed by atoms with Gasteiger partial charge in [-0.25, -0.2) is 4.79 Å². The van der Waals surface area contributed by atoms with E-state index >= 15 is 0 Å². The number of aliphatic hydroxyl groups is 1. The Kier molecular flexibility index (Phi) is 10.6. The van der Waals surface area contributed by atoms with E-state index in [0.29, 0.717) is 0 Å². The zero-order valence-corrected chi connectivity index (χ0v) is 10.6. The van der Waals surface area contributed by atoms with E-state index < -0.39 is 36.4 Å². The number of carboxylic acid groups (broad SMARTS) is 3. The predicted molar refractivity (Wildman–Crippen MR) is 64.2 cm³/mol. The van der Waals surface area contributed by atoms with Crippen molar-refractivity contribution in [3.8, 4) is 0 Å². The van der Waals surface area contributed by atoms with E-state index in [-0.39, 0.29) is 0 Å². The number of nitrogens with one attached hydrogen (secondary N) is 1. The van der Waals surface area contributed by atoms with Crippen molar-refractivity contribution in [2.75, 3.05) is 6.54 Å². The van der Waals surface area contributed by atoms with Crippen molar-refractivity contribution in [1.82, 2.24) is 5.43 Å². The Morgan fingerprint density at radius 1 is 1.11 bits per heavy atom. The summed E-state index contributed by atoms with van der Waals surface area (Å²) < 4.78 is 0. The van der Waals surface area contributed by atoms with Crippen LogP contribution in [0.1, 0.15) is 32.6 Å². The second-order valence-corrected chi connectivity index (χ2v) is 3.79. The lowest BCUT2D eigenvalue weighted by atomic mass is 9.96. The molecular weight excluding hydrogens is 260 g/mol. The first-order valence-corrected chi connectivity index (χ1v) is 5.52. The van der Waals surface area contributed by atoms with Crippen LogP contribution in [0.4, 0.5) is 0 Å². The molecule has 0 aliphatic carbocycles. The largest absolute Gasteiger partial charge is 0.481 e. The molecule has 0 aromatic heterocycles. The van der Waals surface area contributed by atoms with Gasteiger partial charge in [0.25, 0.3) is 0 Å². The average Bonchev–Trinajstić information content (AvgIpc) is 2.24. The summed E-state index contributed by atoms with van der Waals surface area (Å²) in [6.07, 6.45) is 0.101. The van der Waals surface area contributed by atoms with Crippen LogP contribution in [0.5, 0.6) is 0 Å². The number of carbonyl (C=O) groups is 3. The molecule has 0 fully saturated rings. The van der Waals surface area contributed by atoms with Crippen molar-refractivity contribution in [1.29, 1.82) is 0 Å². The molecule has 9 heteroatoms. The summed E-state index contributed by atoms with van der Waals surface area (Å²) in [4.78, 5) is 30.5. The molecule has 0 aromatic carbocycles. The quantitative estimate of drug-likeness (QED) is 0.185. The highest BCUT2D eigenvalue weighted by atomic mass is 16.4. The molecule has 0 rings (SSSR count). The molecular formula is C10H20N2O7. The third-order valence-electron chi connectivity index (χ3n) is 1.96. The van der Waals surface area contributed by atoms with E-state index in [4.69, 9.17) is 26.3 Å². The van der Waals surface area contributed by atoms with Crippen molar-refractivity contribution >= 4 is 17.9 Å². The van der Waals surface area contributed by atoms with E-state index in [1.54, 1.807) is 0 Å². The maximum Gasteiger partial charge on any atom is 0.336 e. The van der Waals surface area contributed by atoms with Gasteiger partial charge in [-0.1, -0.05) is 13.3 Å². The summed E-state index contributed by atoms with van der Waals surface area (Å²) >= 11 is 0. The number of hydrogen-bond donors (Lipinski definition) is 6. The minimum Gasteiger partial charge on any atom is -0.481 e. The summed E-state index contributed by atoms with van der Waals surface area (Å²) in [6.45, 7) is 3.08. The number of aliphatic carboxylic acids is 3. The minimum absolute atomic E-state index is 0.941. The van der Waals surface area contributed by atoms with E-state index in [0.717, 1.165) is 6.54 Å². The van der Waals surface area contributed by atoms with E-state index in [1.807, 2.05) is 0 Å². The summed E-state index contributed by atoms with van der Waals surface area (Å²) in [5, 5.41) is 33.8. The monoisotopic (exact) mass is 280 g/mol. The van der Waals surface area contributed by atoms with Crippen LogP contribution < -0.4 is 11.3 Å². The lowest BCUT2D eigenvalue weighted by Crippen LogP contribution is -2.42. The Hall–Kier alpha value is -1.71. The standard InChI is InChI=1S/C6H8O7.C4H12N2/c7-3(8)1-6(13,5(11)12)2-4(9)10;1-2-3-4-6-5/h13H,1-2H2,(H,7,8)(H,9,10)(H,11,12);6H,2-5H2,1H3. The molecule has 0 saturated carbocycles. The van der Waals surface area contributed by atoms with Gasteiger partial charge in [-0.05, 0) is 6.42 Å². The normalized spacial score (nSPS) is 10.3. The zero-order chi connectivity index (χ0) is 15.5. The minimum atomic E-state index is -2.74. The molecule has 0 unspecified atom stereocenters. The highest BCUT2D eigenvalue weighted by molar-refractivity contribution is 5.88. The van der Waals surface area contributed by atoms with Crippen LogP contribution in [-0.2, 0) is 14.4 Å². The molecule has 0 heterocycles. The van der Waals surface area contributed by atoms with Gasteiger partial charge < -0.3 is 20.4 Å². The molecule has 0 saturated heterocycles. The van der Waals surface area contributed by atoms with Crippen molar-refractivity contribution in [2.45, 2.75) is 38.2 Å². The molecule has 0 amide bonds. The fourth-order valence-electron chi connectivity index (χ4n) is 0.993. The van der Waals surface area contributed by atoms with Crippen LogP contribution in [0.3, 0.4) is 0 Å². The summed E-state index contributed by atoms with van der Waals surface area (Å²) in [5.41, 5.74) is -0.170. The zero-order valence-electron chi connectivity index (χ0n) is 10.6. The number of nitrogens with two attached hydrogens (primary N) is 1. The lowest BCUT2D eigenvalue weighted by molar-refractivity contribution is -0.170. The smallest absolute Gasteiger partial charge is 0.336 e. The predicted octanol–water partition coefficient (Wildman–Crippen LogP) is -0.999. The molecule has 0 bridgehead atoms. The second-order valence-electron chi connectivity index (χ2n) is 3.79. The Morgan fingerprint density at radius 2 is 1.53 bits per heavy atom. The van der Waals surface area contributed by atoms with Gasteiger partial charge in [0.2, 0.25) is 0 Å².